The zero-order chi connectivity index (χ0) is 18.4. The Morgan fingerprint density at radius 3 is 2.62 bits per heavy atom. The highest BCUT2D eigenvalue weighted by atomic mass is 79.9. The van der Waals surface area contributed by atoms with Crippen LogP contribution in [-0.4, -0.2) is 24.0 Å². The lowest BCUT2D eigenvalue weighted by Gasteiger charge is -2.08. The Hall–Kier alpha value is -2.09. The topological polar surface area (TPSA) is 61.8 Å². The van der Waals surface area contributed by atoms with Crippen LogP contribution in [0.3, 0.4) is 0 Å². The van der Waals surface area contributed by atoms with Crippen LogP contribution >= 0.6 is 39.3 Å². The molecule has 2 heterocycles. The third kappa shape index (κ3) is 2.96. The van der Waals surface area contributed by atoms with E-state index in [0.717, 1.165) is 27.5 Å². The van der Waals surface area contributed by atoms with Crippen LogP contribution in [0.5, 0.6) is 0 Å². The van der Waals surface area contributed by atoms with Crippen molar-refractivity contribution in [2.75, 3.05) is 11.9 Å². The van der Waals surface area contributed by atoms with Gasteiger partial charge in [0, 0.05) is 22.1 Å². The number of benzene rings is 2. The number of halogens is 2. The van der Waals surface area contributed by atoms with Crippen molar-refractivity contribution in [1.29, 1.82) is 0 Å². The van der Waals surface area contributed by atoms with Crippen molar-refractivity contribution >= 4 is 73.2 Å². The Morgan fingerprint density at radius 1 is 1.15 bits per heavy atom. The van der Waals surface area contributed by atoms with Crippen molar-refractivity contribution in [3.05, 3.63) is 62.4 Å². The van der Waals surface area contributed by atoms with Gasteiger partial charge in [-0.15, -0.1) is 0 Å². The number of rotatable bonds is 1. The van der Waals surface area contributed by atoms with E-state index in [9.17, 15) is 9.59 Å². The summed E-state index contributed by atoms with van der Waals surface area (Å²) in [7, 11) is 1.70. The summed E-state index contributed by atoms with van der Waals surface area (Å²) in [5.74, 6) is -0.532. The minimum atomic E-state index is -0.327. The Kier molecular flexibility index (Phi) is 4.38. The number of thioether (sulfide) groups is 1. The van der Waals surface area contributed by atoms with Gasteiger partial charge in [-0.3, -0.25) is 9.59 Å². The number of nitrogens with zero attached hydrogens (tertiary/aromatic N) is 2. The molecule has 130 valence electrons. The number of amidine groups is 1. The van der Waals surface area contributed by atoms with E-state index >= 15 is 0 Å². The molecule has 2 aliphatic rings. The molecule has 2 aromatic rings. The maximum Gasteiger partial charge on any atom is 0.264 e. The van der Waals surface area contributed by atoms with Crippen LogP contribution in [0.4, 0.5) is 11.4 Å². The van der Waals surface area contributed by atoms with Gasteiger partial charge in [0.1, 0.15) is 0 Å². The maximum atomic E-state index is 12.7. The lowest BCUT2D eigenvalue weighted by Crippen LogP contribution is -2.23. The molecule has 1 saturated heterocycles. The quantitative estimate of drug-likeness (QED) is 0.660. The number of carbonyl (C=O) groups excluding carboxylic acids is 2. The Labute approximate surface area is 167 Å². The summed E-state index contributed by atoms with van der Waals surface area (Å²) >= 11 is 10.5. The molecule has 26 heavy (non-hydrogen) atoms. The standard InChI is InChI=1S/C18H11BrClN3O2S/c1-23-13-7-2-9(19)8-12(13)14(17(23)25)15-16(24)22-18(26-15)21-11-5-3-10(20)4-6-11/h2-8H,1H3,(H,21,22,24). The van der Waals surface area contributed by atoms with Crippen molar-refractivity contribution in [3.63, 3.8) is 0 Å². The lowest BCUT2D eigenvalue weighted by atomic mass is 10.1. The molecule has 4 rings (SSSR count). The van der Waals surface area contributed by atoms with Gasteiger partial charge >= 0.3 is 0 Å². The van der Waals surface area contributed by atoms with Crippen LogP contribution in [-0.2, 0) is 9.59 Å². The predicted molar refractivity (Wildman–Crippen MR) is 109 cm³/mol. The Balaban J connectivity index is 1.76. The summed E-state index contributed by atoms with van der Waals surface area (Å²) in [6.07, 6.45) is 0. The minimum Gasteiger partial charge on any atom is -0.311 e. The molecule has 0 aromatic heterocycles. The van der Waals surface area contributed by atoms with E-state index in [4.69, 9.17) is 11.6 Å². The number of hydrogen-bond acceptors (Lipinski definition) is 4. The van der Waals surface area contributed by atoms with Crippen LogP contribution in [0.25, 0.3) is 5.57 Å². The van der Waals surface area contributed by atoms with Crippen LogP contribution in [0.2, 0.25) is 5.02 Å². The number of likely N-dealkylation sites (N-methyl/N-ethyl adjacent to an activating group) is 1. The summed E-state index contributed by atoms with van der Waals surface area (Å²) < 4.78 is 0.843. The van der Waals surface area contributed by atoms with Gasteiger partial charge < -0.3 is 10.2 Å². The normalized spacial score (nSPS) is 20.7. The number of carbonyl (C=O) groups is 2. The summed E-state index contributed by atoms with van der Waals surface area (Å²) in [5.41, 5.74) is 2.57. The molecule has 0 unspecified atom stereocenters. The van der Waals surface area contributed by atoms with Gasteiger partial charge in [0.25, 0.3) is 11.8 Å². The number of hydrogen-bond donors (Lipinski definition) is 1. The van der Waals surface area contributed by atoms with Gasteiger partial charge in [-0.25, -0.2) is 4.99 Å². The van der Waals surface area contributed by atoms with Gasteiger partial charge in [-0.1, -0.05) is 27.5 Å². The summed E-state index contributed by atoms with van der Waals surface area (Å²) in [4.78, 5) is 31.5. The fraction of sp³-hybridized carbons (Fsp3) is 0.0556. The first-order valence-corrected chi connectivity index (χ1v) is 9.58. The van der Waals surface area contributed by atoms with Crippen molar-refractivity contribution in [3.8, 4) is 0 Å². The molecule has 0 radical (unpaired) electrons. The maximum absolute atomic E-state index is 12.7. The second-order valence-corrected chi connectivity index (χ2v) is 8.03. The second kappa shape index (κ2) is 6.57. The monoisotopic (exact) mass is 447 g/mol. The van der Waals surface area contributed by atoms with Gasteiger partial charge in [0.05, 0.1) is 21.9 Å². The van der Waals surface area contributed by atoms with E-state index in [2.05, 4.69) is 26.2 Å². The van der Waals surface area contributed by atoms with E-state index in [1.807, 2.05) is 18.2 Å². The second-order valence-electron chi connectivity index (χ2n) is 5.68. The third-order valence-corrected chi connectivity index (χ3v) is 5.74. The smallest absolute Gasteiger partial charge is 0.264 e. The highest BCUT2D eigenvalue weighted by Crippen LogP contribution is 2.43. The number of aliphatic imine (C=N–C) groups is 1. The number of amides is 2. The highest BCUT2D eigenvalue weighted by Gasteiger charge is 2.38. The SMILES string of the molecule is CN1C(=O)C(=C2SC(=Nc3ccc(Cl)cc3)NC2=O)c2cc(Br)ccc21. The Morgan fingerprint density at radius 2 is 1.88 bits per heavy atom. The van der Waals surface area contributed by atoms with Crippen LogP contribution in [0, 0.1) is 0 Å². The molecule has 0 spiro atoms. The average Bonchev–Trinajstić information content (AvgIpc) is 3.07. The molecule has 0 saturated carbocycles. The predicted octanol–water partition coefficient (Wildman–Crippen LogP) is 4.34. The molecule has 2 aliphatic heterocycles. The van der Waals surface area contributed by atoms with Crippen molar-refractivity contribution in [2.24, 2.45) is 4.99 Å². The third-order valence-electron chi connectivity index (χ3n) is 4.02. The molecule has 1 N–H and O–H groups in total. The summed E-state index contributed by atoms with van der Waals surface area (Å²) in [6.45, 7) is 0. The van der Waals surface area contributed by atoms with Gasteiger partial charge in [-0.2, -0.15) is 0 Å². The van der Waals surface area contributed by atoms with Crippen LogP contribution in [0.1, 0.15) is 5.56 Å². The van der Waals surface area contributed by atoms with Crippen molar-refractivity contribution < 1.29 is 9.59 Å². The van der Waals surface area contributed by atoms with Gasteiger partial charge in [0.15, 0.2) is 5.17 Å². The molecular formula is C18H11BrClN3O2S. The highest BCUT2D eigenvalue weighted by molar-refractivity contribution is 9.10. The van der Waals surface area contributed by atoms with E-state index in [1.54, 1.807) is 36.2 Å². The fourth-order valence-electron chi connectivity index (χ4n) is 2.78. The van der Waals surface area contributed by atoms with Crippen molar-refractivity contribution in [2.45, 2.75) is 0 Å². The van der Waals surface area contributed by atoms with Crippen LogP contribution < -0.4 is 10.2 Å². The van der Waals surface area contributed by atoms with E-state index in [-0.39, 0.29) is 11.8 Å². The first kappa shape index (κ1) is 17.3. The zero-order valence-corrected chi connectivity index (χ0v) is 16.6. The van der Waals surface area contributed by atoms with E-state index in [0.29, 0.717) is 26.4 Å². The summed E-state index contributed by atoms with van der Waals surface area (Å²) in [6, 6.07) is 12.5. The van der Waals surface area contributed by atoms with E-state index < -0.39 is 0 Å². The molecule has 0 atom stereocenters. The summed E-state index contributed by atoms with van der Waals surface area (Å²) in [5, 5.41) is 3.77. The number of fused-ring (bicyclic) bond motifs is 1. The molecule has 5 nitrogen and oxygen atoms in total. The number of anilines is 1. The average molecular weight is 449 g/mol. The number of nitrogens with one attached hydrogen (secondary N) is 1. The van der Waals surface area contributed by atoms with Crippen LogP contribution in [0.15, 0.2) is 56.8 Å². The van der Waals surface area contributed by atoms with E-state index in [1.165, 1.54) is 0 Å². The molecule has 2 aromatic carbocycles. The van der Waals surface area contributed by atoms with Gasteiger partial charge in [-0.05, 0) is 54.2 Å². The molecular weight excluding hydrogens is 438 g/mol. The molecule has 1 fully saturated rings. The minimum absolute atomic E-state index is 0.205. The fourth-order valence-corrected chi connectivity index (χ4v) is 4.20. The first-order chi connectivity index (χ1) is 12.4. The molecule has 0 bridgehead atoms. The van der Waals surface area contributed by atoms with Crippen molar-refractivity contribution in [1.82, 2.24) is 5.32 Å². The lowest BCUT2D eigenvalue weighted by molar-refractivity contribution is -0.116. The van der Waals surface area contributed by atoms with Gasteiger partial charge in [0.2, 0.25) is 0 Å². The molecule has 2 amide bonds. The zero-order valence-electron chi connectivity index (χ0n) is 13.4. The molecule has 0 aliphatic carbocycles. The largest absolute Gasteiger partial charge is 0.311 e. The molecule has 8 heteroatoms. The Bertz CT molecular complexity index is 1020. The first-order valence-electron chi connectivity index (χ1n) is 7.60.